The van der Waals surface area contributed by atoms with Crippen molar-refractivity contribution in [3.63, 3.8) is 0 Å². The number of hydrogen-bond donors (Lipinski definition) is 1. The van der Waals surface area contributed by atoms with Crippen LogP contribution in [0.15, 0.2) is 47.6 Å². The minimum atomic E-state index is -0.172. The SMILES string of the molecule is Cl.O=C(CN1CCCCC1)C1=NN(c2ccc(Cl)cc2Cl)C(c2ccc(O)cc2)C1. The third-order valence-corrected chi connectivity index (χ3v) is 6.02. The number of phenols is 1. The Balaban J connectivity index is 0.00000256. The third kappa shape index (κ3) is 5.09. The topological polar surface area (TPSA) is 56.1 Å². The van der Waals surface area contributed by atoms with Crippen LogP contribution in [0.1, 0.15) is 37.3 Å². The van der Waals surface area contributed by atoms with Crippen LogP contribution in [0.4, 0.5) is 5.69 Å². The van der Waals surface area contributed by atoms with E-state index in [1.54, 1.807) is 29.3 Å². The van der Waals surface area contributed by atoms with Crippen LogP contribution < -0.4 is 5.01 Å². The summed E-state index contributed by atoms with van der Waals surface area (Å²) >= 11 is 12.5. The van der Waals surface area contributed by atoms with Crippen LogP contribution in [0.3, 0.4) is 0 Å². The molecule has 0 radical (unpaired) electrons. The number of nitrogens with zero attached hydrogens (tertiary/aromatic N) is 3. The fraction of sp³-hybridized carbons (Fsp3) is 0.364. The molecule has 4 rings (SSSR count). The van der Waals surface area contributed by atoms with E-state index in [1.807, 2.05) is 18.2 Å². The molecule has 0 amide bonds. The number of phenolic OH excluding ortho intramolecular Hbond substituents is 1. The number of piperidine rings is 1. The van der Waals surface area contributed by atoms with Gasteiger partial charge in [0.15, 0.2) is 5.78 Å². The fourth-order valence-electron chi connectivity index (χ4n) is 3.94. The Kier molecular flexibility index (Phi) is 7.64. The molecule has 1 N–H and O–H groups in total. The second-order valence-corrected chi connectivity index (χ2v) is 8.40. The van der Waals surface area contributed by atoms with Crippen LogP contribution in [0.2, 0.25) is 10.0 Å². The number of benzene rings is 2. The maximum absolute atomic E-state index is 13.0. The third-order valence-electron chi connectivity index (χ3n) is 5.48. The van der Waals surface area contributed by atoms with Gasteiger partial charge in [-0.3, -0.25) is 14.7 Å². The smallest absolute Gasteiger partial charge is 0.192 e. The predicted octanol–water partition coefficient (Wildman–Crippen LogP) is 5.48. The molecule has 2 aromatic rings. The van der Waals surface area contributed by atoms with Crippen LogP contribution in [-0.2, 0) is 4.79 Å². The lowest BCUT2D eigenvalue weighted by Gasteiger charge is -2.25. The first-order chi connectivity index (χ1) is 14.0. The molecule has 5 nitrogen and oxygen atoms in total. The molecule has 1 fully saturated rings. The van der Waals surface area contributed by atoms with Gasteiger partial charge in [-0.25, -0.2) is 0 Å². The molecule has 2 aliphatic heterocycles. The van der Waals surface area contributed by atoms with Crippen molar-refractivity contribution in [2.75, 3.05) is 24.6 Å². The Morgan fingerprint density at radius 2 is 1.77 bits per heavy atom. The Labute approximate surface area is 192 Å². The molecule has 1 unspecified atom stereocenters. The Hall–Kier alpha value is -1.79. The minimum Gasteiger partial charge on any atom is -0.508 e. The molecule has 0 aromatic heterocycles. The average molecular weight is 469 g/mol. The highest BCUT2D eigenvalue weighted by Gasteiger charge is 2.33. The summed E-state index contributed by atoms with van der Waals surface area (Å²) in [4.78, 5) is 15.2. The number of ketones is 1. The molecule has 1 saturated heterocycles. The van der Waals surface area contributed by atoms with Crippen molar-refractivity contribution < 1.29 is 9.90 Å². The van der Waals surface area contributed by atoms with Gasteiger partial charge in [0.1, 0.15) is 11.5 Å². The van der Waals surface area contributed by atoms with Crippen LogP contribution in [0.5, 0.6) is 5.75 Å². The summed E-state index contributed by atoms with van der Waals surface area (Å²) in [5.74, 6) is 0.258. The lowest BCUT2D eigenvalue weighted by atomic mass is 9.99. The highest BCUT2D eigenvalue weighted by molar-refractivity contribution is 6.41. The van der Waals surface area contributed by atoms with Crippen molar-refractivity contribution >= 4 is 52.8 Å². The lowest BCUT2D eigenvalue weighted by Crippen LogP contribution is -2.36. The monoisotopic (exact) mass is 467 g/mol. The number of anilines is 1. The largest absolute Gasteiger partial charge is 0.508 e. The zero-order chi connectivity index (χ0) is 20.4. The van der Waals surface area contributed by atoms with E-state index in [9.17, 15) is 9.90 Å². The number of aromatic hydroxyl groups is 1. The van der Waals surface area contributed by atoms with Crippen LogP contribution in [-0.4, -0.2) is 41.1 Å². The van der Waals surface area contributed by atoms with Crippen molar-refractivity contribution in [3.8, 4) is 5.75 Å². The summed E-state index contributed by atoms with van der Waals surface area (Å²) in [7, 11) is 0. The Bertz CT molecular complexity index is 928. The molecule has 0 aliphatic carbocycles. The van der Waals surface area contributed by atoms with E-state index in [-0.39, 0.29) is 30.0 Å². The van der Waals surface area contributed by atoms with Crippen molar-refractivity contribution in [2.45, 2.75) is 31.7 Å². The summed E-state index contributed by atoms with van der Waals surface area (Å²) in [6, 6.07) is 12.1. The summed E-state index contributed by atoms with van der Waals surface area (Å²) in [6.45, 7) is 2.34. The summed E-state index contributed by atoms with van der Waals surface area (Å²) in [6.07, 6.45) is 4.01. The quantitative estimate of drug-likeness (QED) is 0.631. The van der Waals surface area contributed by atoms with Crippen molar-refractivity contribution in [2.24, 2.45) is 5.10 Å². The molecule has 8 heteroatoms. The normalized spacial score (nSPS) is 19.3. The number of halogens is 3. The number of carbonyl (C=O) groups is 1. The van der Waals surface area contributed by atoms with Gasteiger partial charge < -0.3 is 5.11 Å². The first-order valence-corrected chi connectivity index (χ1v) is 10.6. The summed E-state index contributed by atoms with van der Waals surface area (Å²) in [5.41, 5.74) is 2.22. The van der Waals surface area contributed by atoms with Gasteiger partial charge in [0, 0.05) is 11.4 Å². The predicted molar refractivity (Wildman–Crippen MR) is 124 cm³/mol. The van der Waals surface area contributed by atoms with Gasteiger partial charge in [-0.1, -0.05) is 41.8 Å². The van der Waals surface area contributed by atoms with E-state index in [0.29, 0.717) is 34.4 Å². The van der Waals surface area contributed by atoms with E-state index in [4.69, 9.17) is 23.2 Å². The van der Waals surface area contributed by atoms with E-state index >= 15 is 0 Å². The van der Waals surface area contributed by atoms with Gasteiger partial charge in [-0.15, -0.1) is 12.4 Å². The van der Waals surface area contributed by atoms with Crippen molar-refractivity contribution in [3.05, 3.63) is 58.1 Å². The molecule has 0 spiro atoms. The second-order valence-electron chi connectivity index (χ2n) is 7.56. The maximum Gasteiger partial charge on any atom is 0.192 e. The molecule has 30 heavy (non-hydrogen) atoms. The fourth-order valence-corrected chi connectivity index (χ4v) is 4.43. The standard InChI is InChI=1S/C22H23Cl2N3O2.ClH/c23-16-6-9-20(18(24)12-16)27-21(15-4-7-17(28)8-5-15)13-19(25-27)22(29)14-26-10-2-1-3-11-26;/h4-9,12,21,28H,1-3,10-11,13-14H2;1H. The van der Waals surface area contributed by atoms with Gasteiger partial charge in [0.25, 0.3) is 0 Å². The van der Waals surface area contributed by atoms with Crippen LogP contribution >= 0.6 is 35.6 Å². The first-order valence-electron chi connectivity index (χ1n) is 9.87. The zero-order valence-electron chi connectivity index (χ0n) is 16.4. The molecule has 0 bridgehead atoms. The van der Waals surface area contributed by atoms with Crippen molar-refractivity contribution in [1.29, 1.82) is 0 Å². The number of Topliss-reactive ketones (excluding diaryl/α,β-unsaturated/α-hetero) is 1. The molecule has 2 aliphatic rings. The Morgan fingerprint density at radius 3 is 2.43 bits per heavy atom. The molecule has 2 heterocycles. The first kappa shape index (κ1) is 22.9. The van der Waals surface area contributed by atoms with Gasteiger partial charge in [0.05, 0.1) is 23.3 Å². The highest BCUT2D eigenvalue weighted by atomic mass is 35.5. The molecule has 2 aromatic carbocycles. The average Bonchev–Trinajstić information content (AvgIpc) is 3.14. The van der Waals surface area contributed by atoms with Gasteiger partial charge in [-0.2, -0.15) is 5.10 Å². The Morgan fingerprint density at radius 1 is 1.07 bits per heavy atom. The number of carbonyl (C=O) groups excluding carboxylic acids is 1. The number of likely N-dealkylation sites (tertiary alicyclic amines) is 1. The summed E-state index contributed by atoms with van der Waals surface area (Å²) < 4.78 is 0. The molecule has 160 valence electrons. The van der Waals surface area contributed by atoms with E-state index in [0.717, 1.165) is 31.5 Å². The van der Waals surface area contributed by atoms with Gasteiger partial charge in [0.2, 0.25) is 0 Å². The molecule has 0 saturated carbocycles. The molecular weight excluding hydrogens is 445 g/mol. The second kappa shape index (κ2) is 10.0. The van der Waals surface area contributed by atoms with E-state index < -0.39 is 0 Å². The lowest BCUT2D eigenvalue weighted by molar-refractivity contribution is -0.114. The maximum atomic E-state index is 13.0. The summed E-state index contributed by atoms with van der Waals surface area (Å²) in [5, 5.41) is 17.1. The van der Waals surface area contributed by atoms with Gasteiger partial charge >= 0.3 is 0 Å². The number of hydrogen-bond acceptors (Lipinski definition) is 5. The minimum absolute atomic E-state index is 0. The number of rotatable bonds is 5. The van der Waals surface area contributed by atoms with Gasteiger partial charge in [-0.05, 0) is 61.8 Å². The van der Waals surface area contributed by atoms with Crippen molar-refractivity contribution in [1.82, 2.24) is 4.90 Å². The van der Waals surface area contributed by atoms with E-state index in [2.05, 4.69) is 10.0 Å². The number of hydrazone groups is 1. The highest BCUT2D eigenvalue weighted by Crippen LogP contribution is 2.40. The zero-order valence-corrected chi connectivity index (χ0v) is 18.8. The van der Waals surface area contributed by atoms with Crippen LogP contribution in [0, 0.1) is 0 Å². The van der Waals surface area contributed by atoms with E-state index in [1.165, 1.54) is 6.42 Å². The molecule has 1 atom stereocenters. The van der Waals surface area contributed by atoms with Crippen LogP contribution in [0.25, 0.3) is 0 Å². The molecular formula is C22H24Cl3N3O2.